The summed E-state index contributed by atoms with van der Waals surface area (Å²) in [5.41, 5.74) is 4.65. The number of benzene rings is 2. The molecule has 0 aliphatic carbocycles. The van der Waals surface area contributed by atoms with Gasteiger partial charge < -0.3 is 24.0 Å². The maximum atomic E-state index is 6.72. The topological polar surface area (TPSA) is 62.6 Å². The molecule has 0 unspecified atom stereocenters. The first-order valence-corrected chi connectivity index (χ1v) is 14.9. The molecule has 208 valence electrons. The lowest BCUT2D eigenvalue weighted by molar-refractivity contribution is 0.187. The monoisotopic (exact) mass is 557 g/mol. The fourth-order valence-corrected chi connectivity index (χ4v) is 6.95. The standard InChI is InChI=1S/C31H36ClN7O/c1-3-22-16-38-20-33-15-24(38)17-39(22)30-25-12-14-37(28-11-5-8-21-7-4-10-26(32)29(21)28)18-27(25)34-31(35-30)40-19-23-9-6-13-36(23)2/h4-5,7-8,10-11,15,20,22-23H,3,6,9,12-14,16-19H2,1-2H3/t22-,23+/m1/s1. The number of hydrogen-bond acceptors (Lipinski definition) is 7. The van der Waals surface area contributed by atoms with Crippen LogP contribution >= 0.6 is 11.6 Å². The Hall–Kier alpha value is -3.36. The van der Waals surface area contributed by atoms with Gasteiger partial charge in [-0.1, -0.05) is 42.8 Å². The van der Waals surface area contributed by atoms with Crippen molar-refractivity contribution in [3.8, 4) is 6.01 Å². The highest BCUT2D eigenvalue weighted by molar-refractivity contribution is 6.36. The average Bonchev–Trinajstić information content (AvgIpc) is 3.62. The van der Waals surface area contributed by atoms with Gasteiger partial charge in [0, 0.05) is 48.0 Å². The molecule has 1 fully saturated rings. The van der Waals surface area contributed by atoms with E-state index in [-0.39, 0.29) is 0 Å². The SMILES string of the molecule is CC[C@@H]1Cn2cncc2CN1c1nc(OC[C@@H]2CCCN2C)nc2c1CCN(c1cccc3cccc(Cl)c13)C2. The summed E-state index contributed by atoms with van der Waals surface area (Å²) in [5.74, 6) is 1.02. The van der Waals surface area contributed by atoms with Gasteiger partial charge in [0.2, 0.25) is 0 Å². The number of nitrogens with zero attached hydrogens (tertiary/aromatic N) is 7. The van der Waals surface area contributed by atoms with E-state index in [4.69, 9.17) is 26.3 Å². The minimum absolute atomic E-state index is 0.337. The summed E-state index contributed by atoms with van der Waals surface area (Å²) in [5, 5.41) is 3.03. The van der Waals surface area contributed by atoms with Crippen LogP contribution in [0.3, 0.4) is 0 Å². The van der Waals surface area contributed by atoms with Crippen molar-refractivity contribution >= 4 is 33.9 Å². The summed E-state index contributed by atoms with van der Waals surface area (Å²) < 4.78 is 8.64. The first-order chi connectivity index (χ1) is 19.6. The van der Waals surface area contributed by atoms with Crippen LogP contribution in [0.15, 0.2) is 48.9 Å². The molecule has 2 aromatic heterocycles. The summed E-state index contributed by atoms with van der Waals surface area (Å²) in [4.78, 5) is 21.8. The second kappa shape index (κ2) is 10.6. The van der Waals surface area contributed by atoms with Crippen molar-refractivity contribution in [1.29, 1.82) is 0 Å². The number of halogens is 1. The van der Waals surface area contributed by atoms with Crippen molar-refractivity contribution in [3.05, 3.63) is 70.9 Å². The maximum absolute atomic E-state index is 6.72. The van der Waals surface area contributed by atoms with Crippen molar-refractivity contribution in [2.24, 2.45) is 0 Å². The highest BCUT2D eigenvalue weighted by Gasteiger charge is 2.32. The summed E-state index contributed by atoms with van der Waals surface area (Å²) in [6, 6.07) is 13.8. The molecule has 0 amide bonds. The van der Waals surface area contributed by atoms with Crippen LogP contribution in [0.4, 0.5) is 11.5 Å². The van der Waals surface area contributed by atoms with E-state index in [9.17, 15) is 0 Å². The first-order valence-electron chi connectivity index (χ1n) is 14.5. The molecular weight excluding hydrogens is 522 g/mol. The molecule has 0 spiro atoms. The van der Waals surface area contributed by atoms with Gasteiger partial charge in [0.1, 0.15) is 12.4 Å². The number of likely N-dealkylation sites (tertiary alicyclic amines) is 1. The molecule has 0 radical (unpaired) electrons. The molecule has 1 saturated heterocycles. The van der Waals surface area contributed by atoms with Crippen molar-refractivity contribution in [2.45, 2.75) is 64.3 Å². The molecule has 7 rings (SSSR count). The third-order valence-corrected chi connectivity index (χ3v) is 9.31. The van der Waals surface area contributed by atoms with E-state index in [0.29, 0.717) is 31.2 Å². The smallest absolute Gasteiger partial charge is 0.318 e. The molecule has 2 atom stereocenters. The average molecular weight is 558 g/mol. The molecule has 40 heavy (non-hydrogen) atoms. The molecule has 5 heterocycles. The van der Waals surface area contributed by atoms with E-state index >= 15 is 0 Å². The van der Waals surface area contributed by atoms with Crippen molar-refractivity contribution in [1.82, 2.24) is 24.4 Å². The molecule has 0 bridgehead atoms. The lowest BCUT2D eigenvalue weighted by Crippen LogP contribution is -2.44. The first kappa shape index (κ1) is 25.6. The molecule has 2 aromatic carbocycles. The van der Waals surface area contributed by atoms with Gasteiger partial charge in [-0.25, -0.2) is 4.98 Å². The molecule has 3 aliphatic rings. The second-order valence-corrected chi connectivity index (χ2v) is 11.8. The van der Waals surface area contributed by atoms with Crippen LogP contribution in [-0.2, 0) is 26.1 Å². The Bertz CT molecular complexity index is 1530. The van der Waals surface area contributed by atoms with Gasteiger partial charge in [-0.2, -0.15) is 9.97 Å². The summed E-state index contributed by atoms with van der Waals surface area (Å²) >= 11 is 6.72. The zero-order valence-electron chi connectivity index (χ0n) is 23.3. The minimum Gasteiger partial charge on any atom is -0.462 e. The largest absolute Gasteiger partial charge is 0.462 e. The van der Waals surface area contributed by atoms with Crippen LogP contribution in [0.2, 0.25) is 5.02 Å². The zero-order valence-corrected chi connectivity index (χ0v) is 24.0. The number of fused-ring (bicyclic) bond motifs is 3. The van der Waals surface area contributed by atoms with Gasteiger partial charge in [0.05, 0.1) is 35.8 Å². The van der Waals surface area contributed by atoms with E-state index in [2.05, 4.69) is 62.5 Å². The van der Waals surface area contributed by atoms with Gasteiger partial charge in [-0.05, 0) is 56.8 Å². The highest BCUT2D eigenvalue weighted by atomic mass is 35.5. The molecule has 0 saturated carbocycles. The fourth-order valence-electron chi connectivity index (χ4n) is 6.67. The minimum atomic E-state index is 0.337. The van der Waals surface area contributed by atoms with Crippen LogP contribution in [0.1, 0.15) is 43.1 Å². The summed E-state index contributed by atoms with van der Waals surface area (Å²) in [7, 11) is 2.18. The number of anilines is 2. The summed E-state index contributed by atoms with van der Waals surface area (Å²) in [6.45, 7) is 7.25. The molecular formula is C31H36ClN7O. The Morgan fingerprint density at radius 3 is 2.75 bits per heavy atom. The van der Waals surface area contributed by atoms with Gasteiger partial charge in [0.25, 0.3) is 0 Å². The third kappa shape index (κ3) is 4.57. The van der Waals surface area contributed by atoms with Crippen LogP contribution < -0.4 is 14.5 Å². The van der Waals surface area contributed by atoms with Crippen LogP contribution in [0.5, 0.6) is 6.01 Å². The predicted octanol–water partition coefficient (Wildman–Crippen LogP) is 5.31. The van der Waals surface area contributed by atoms with Crippen LogP contribution in [-0.4, -0.2) is 63.2 Å². The third-order valence-electron chi connectivity index (χ3n) is 8.99. The second-order valence-electron chi connectivity index (χ2n) is 11.4. The Kier molecular flexibility index (Phi) is 6.76. The lowest BCUT2D eigenvalue weighted by Gasteiger charge is -2.40. The zero-order chi connectivity index (χ0) is 27.2. The number of imidazole rings is 1. The lowest BCUT2D eigenvalue weighted by atomic mass is 10.0. The molecule has 8 nitrogen and oxygen atoms in total. The maximum Gasteiger partial charge on any atom is 0.318 e. The number of hydrogen-bond donors (Lipinski definition) is 0. The Balaban J connectivity index is 1.27. The van der Waals surface area contributed by atoms with Gasteiger partial charge in [-0.3, -0.25) is 0 Å². The Labute approximate surface area is 240 Å². The van der Waals surface area contributed by atoms with Crippen molar-refractivity contribution in [2.75, 3.05) is 36.5 Å². The van der Waals surface area contributed by atoms with Crippen molar-refractivity contribution < 1.29 is 4.74 Å². The molecule has 9 heteroatoms. The Morgan fingerprint density at radius 1 is 1.05 bits per heavy atom. The number of rotatable bonds is 6. The summed E-state index contributed by atoms with van der Waals surface area (Å²) in [6.07, 6.45) is 8.18. The van der Waals surface area contributed by atoms with E-state index in [0.717, 1.165) is 78.4 Å². The van der Waals surface area contributed by atoms with Crippen LogP contribution in [0.25, 0.3) is 10.8 Å². The number of aromatic nitrogens is 4. The molecule has 0 N–H and O–H groups in total. The fraction of sp³-hybridized carbons (Fsp3) is 0.452. The van der Waals surface area contributed by atoms with Crippen molar-refractivity contribution in [3.63, 3.8) is 0 Å². The van der Waals surface area contributed by atoms with Gasteiger partial charge >= 0.3 is 6.01 Å². The van der Waals surface area contributed by atoms with E-state index in [1.807, 2.05) is 24.7 Å². The van der Waals surface area contributed by atoms with E-state index in [1.54, 1.807) is 0 Å². The van der Waals surface area contributed by atoms with E-state index < -0.39 is 0 Å². The Morgan fingerprint density at radius 2 is 1.93 bits per heavy atom. The number of ether oxygens (including phenoxy) is 1. The molecule has 3 aliphatic heterocycles. The molecule has 4 aromatic rings. The quantitative estimate of drug-likeness (QED) is 0.318. The number of likely N-dealkylation sites (N-methyl/N-ethyl adjacent to an activating group) is 1. The highest BCUT2D eigenvalue weighted by Crippen LogP contribution is 2.38. The van der Waals surface area contributed by atoms with E-state index in [1.165, 1.54) is 17.7 Å². The predicted molar refractivity (Wildman–Crippen MR) is 159 cm³/mol. The van der Waals surface area contributed by atoms with Gasteiger partial charge in [-0.15, -0.1) is 0 Å². The van der Waals surface area contributed by atoms with Crippen LogP contribution in [0, 0.1) is 0 Å². The van der Waals surface area contributed by atoms with Gasteiger partial charge in [0.15, 0.2) is 0 Å². The normalized spacial score (nSPS) is 21.1.